The molecule has 1 saturated heterocycles. The van der Waals surface area contributed by atoms with Crippen LogP contribution in [-0.2, 0) is 0 Å². The first kappa shape index (κ1) is 16.1. The van der Waals surface area contributed by atoms with E-state index >= 15 is 0 Å². The van der Waals surface area contributed by atoms with Crippen molar-refractivity contribution in [1.29, 1.82) is 0 Å². The summed E-state index contributed by atoms with van der Waals surface area (Å²) in [4.78, 5) is 29.0. The van der Waals surface area contributed by atoms with Gasteiger partial charge in [-0.2, -0.15) is 4.98 Å². The van der Waals surface area contributed by atoms with Gasteiger partial charge in [0.2, 0.25) is 5.95 Å². The second-order valence-corrected chi connectivity index (χ2v) is 6.62. The Bertz CT molecular complexity index is 979. The number of benzene rings is 1. The smallest absolute Gasteiger partial charge is 0.262 e. The van der Waals surface area contributed by atoms with Gasteiger partial charge in [0.15, 0.2) is 5.65 Å². The fourth-order valence-corrected chi connectivity index (χ4v) is 3.36. The Morgan fingerprint density at radius 1 is 1.08 bits per heavy atom. The van der Waals surface area contributed by atoms with Crippen LogP contribution in [0.3, 0.4) is 0 Å². The average molecular weight is 356 g/mol. The third-order valence-corrected chi connectivity index (χ3v) is 4.89. The summed E-state index contributed by atoms with van der Waals surface area (Å²) in [5.74, 6) is 0.578. The molecule has 1 aromatic carbocycles. The molecule has 0 unspecified atom stereocenters. The minimum atomic E-state index is -0.193. The molecule has 128 valence electrons. The van der Waals surface area contributed by atoms with E-state index in [1.165, 1.54) is 0 Å². The van der Waals surface area contributed by atoms with Crippen LogP contribution in [0.15, 0.2) is 41.3 Å². The zero-order valence-electron chi connectivity index (χ0n) is 13.9. The molecule has 1 aliphatic heterocycles. The molecule has 0 atom stereocenters. The number of fused-ring (bicyclic) bond motifs is 1. The molecule has 2 aromatic heterocycles. The molecule has 1 N–H and O–H groups in total. The maximum Gasteiger partial charge on any atom is 0.262 e. The molecule has 0 amide bonds. The van der Waals surface area contributed by atoms with Gasteiger partial charge in [-0.05, 0) is 19.2 Å². The first-order chi connectivity index (χ1) is 12.1. The highest BCUT2D eigenvalue weighted by Crippen LogP contribution is 2.30. The molecule has 0 spiro atoms. The highest BCUT2D eigenvalue weighted by molar-refractivity contribution is 6.33. The quantitative estimate of drug-likeness (QED) is 0.764. The van der Waals surface area contributed by atoms with Crippen molar-refractivity contribution in [2.75, 3.05) is 38.1 Å². The second kappa shape index (κ2) is 6.46. The molecule has 3 heterocycles. The lowest BCUT2D eigenvalue weighted by Crippen LogP contribution is -2.45. The van der Waals surface area contributed by atoms with Crippen LogP contribution in [0.1, 0.15) is 0 Å². The van der Waals surface area contributed by atoms with Crippen LogP contribution >= 0.6 is 11.6 Å². The summed E-state index contributed by atoms with van der Waals surface area (Å²) < 4.78 is 0. The van der Waals surface area contributed by atoms with Gasteiger partial charge in [0.1, 0.15) is 0 Å². The molecule has 1 aliphatic rings. The van der Waals surface area contributed by atoms with E-state index in [9.17, 15) is 4.79 Å². The Hall–Kier alpha value is -2.44. The summed E-state index contributed by atoms with van der Waals surface area (Å²) in [6.07, 6.45) is 1.67. The predicted octanol–water partition coefficient (Wildman–Crippen LogP) is 2.39. The van der Waals surface area contributed by atoms with Crippen LogP contribution in [0.25, 0.3) is 22.2 Å². The lowest BCUT2D eigenvalue weighted by atomic mass is 10.0. The normalized spacial score (nSPS) is 15.7. The number of H-pyrrole nitrogens is 1. The number of rotatable bonds is 2. The summed E-state index contributed by atoms with van der Waals surface area (Å²) >= 11 is 6.31. The third-order valence-electron chi connectivity index (χ3n) is 4.56. The van der Waals surface area contributed by atoms with Crippen LogP contribution in [0.5, 0.6) is 0 Å². The number of halogens is 1. The van der Waals surface area contributed by atoms with Gasteiger partial charge in [0, 0.05) is 48.5 Å². The number of anilines is 1. The molecule has 0 aliphatic carbocycles. The van der Waals surface area contributed by atoms with Gasteiger partial charge < -0.3 is 9.80 Å². The summed E-state index contributed by atoms with van der Waals surface area (Å²) in [5.41, 5.74) is 1.79. The van der Waals surface area contributed by atoms with Crippen molar-refractivity contribution in [2.24, 2.45) is 0 Å². The molecule has 6 nitrogen and oxygen atoms in total. The SMILES string of the molecule is CN1CCN(c2nc3nccc(-c4ccccc4Cl)c3c(=O)[nH]2)CC1. The fraction of sp³-hybridized carbons (Fsp3) is 0.278. The highest BCUT2D eigenvalue weighted by Gasteiger charge is 2.19. The molecule has 3 aromatic rings. The van der Waals surface area contributed by atoms with E-state index in [0.717, 1.165) is 37.3 Å². The first-order valence-corrected chi connectivity index (χ1v) is 8.59. The van der Waals surface area contributed by atoms with Crippen molar-refractivity contribution in [1.82, 2.24) is 19.9 Å². The number of nitrogens with zero attached hydrogens (tertiary/aromatic N) is 4. The third kappa shape index (κ3) is 2.99. The number of piperazine rings is 1. The molecular weight excluding hydrogens is 338 g/mol. The number of hydrogen-bond donors (Lipinski definition) is 1. The number of likely N-dealkylation sites (N-methyl/N-ethyl adjacent to an activating group) is 1. The van der Waals surface area contributed by atoms with Gasteiger partial charge in [-0.3, -0.25) is 9.78 Å². The van der Waals surface area contributed by atoms with Gasteiger partial charge in [0.05, 0.1) is 5.39 Å². The molecule has 0 bridgehead atoms. The molecule has 7 heteroatoms. The van der Waals surface area contributed by atoms with E-state index < -0.39 is 0 Å². The van der Waals surface area contributed by atoms with Gasteiger partial charge in [-0.15, -0.1) is 0 Å². The Labute approximate surface area is 150 Å². The molecule has 4 rings (SSSR count). The minimum Gasteiger partial charge on any atom is -0.340 e. The highest BCUT2D eigenvalue weighted by atomic mass is 35.5. The average Bonchev–Trinajstić information content (AvgIpc) is 2.62. The lowest BCUT2D eigenvalue weighted by molar-refractivity contribution is 0.311. The van der Waals surface area contributed by atoms with E-state index in [4.69, 9.17) is 11.6 Å². The number of pyridine rings is 1. The maximum absolute atomic E-state index is 12.8. The van der Waals surface area contributed by atoms with Crippen LogP contribution in [0.2, 0.25) is 5.02 Å². The summed E-state index contributed by atoms with van der Waals surface area (Å²) in [5, 5.41) is 1.06. The van der Waals surface area contributed by atoms with Gasteiger partial charge in [-0.1, -0.05) is 29.8 Å². The van der Waals surface area contributed by atoms with Gasteiger partial charge in [0.25, 0.3) is 5.56 Å². The Kier molecular flexibility index (Phi) is 4.15. The summed E-state index contributed by atoms with van der Waals surface area (Å²) in [6.45, 7) is 3.54. The Balaban J connectivity index is 1.84. The van der Waals surface area contributed by atoms with E-state index in [0.29, 0.717) is 22.0 Å². The van der Waals surface area contributed by atoms with Crippen LogP contribution in [0.4, 0.5) is 5.95 Å². The molecular formula is C18H18ClN5O. The Morgan fingerprint density at radius 3 is 2.60 bits per heavy atom. The van der Waals surface area contributed by atoms with Crippen LogP contribution in [-0.4, -0.2) is 53.1 Å². The van der Waals surface area contributed by atoms with E-state index in [1.807, 2.05) is 24.3 Å². The standard InChI is InChI=1S/C18H18ClN5O/c1-23-8-10-24(11-9-23)18-21-16-15(17(25)22-18)13(6-7-20-16)12-4-2-3-5-14(12)19/h2-7H,8-11H2,1H3,(H,20,21,22,25). The van der Waals surface area contributed by atoms with Crippen LogP contribution in [0, 0.1) is 0 Å². The largest absolute Gasteiger partial charge is 0.340 e. The van der Waals surface area contributed by atoms with Crippen molar-refractivity contribution < 1.29 is 0 Å². The van der Waals surface area contributed by atoms with Crippen molar-refractivity contribution >= 4 is 28.6 Å². The lowest BCUT2D eigenvalue weighted by Gasteiger charge is -2.32. The molecule has 1 fully saturated rings. The maximum atomic E-state index is 12.8. The second-order valence-electron chi connectivity index (χ2n) is 6.22. The van der Waals surface area contributed by atoms with Crippen LogP contribution < -0.4 is 10.5 Å². The zero-order valence-corrected chi connectivity index (χ0v) is 14.6. The summed E-state index contributed by atoms with van der Waals surface area (Å²) in [6, 6.07) is 9.27. The van der Waals surface area contributed by atoms with E-state index in [1.54, 1.807) is 12.3 Å². The predicted molar refractivity (Wildman–Crippen MR) is 100 cm³/mol. The zero-order chi connectivity index (χ0) is 17.4. The molecule has 0 radical (unpaired) electrons. The molecule has 25 heavy (non-hydrogen) atoms. The topological polar surface area (TPSA) is 65.1 Å². The van der Waals surface area contributed by atoms with Crippen molar-refractivity contribution in [3.63, 3.8) is 0 Å². The Morgan fingerprint density at radius 2 is 1.84 bits per heavy atom. The van der Waals surface area contributed by atoms with Crippen molar-refractivity contribution in [3.8, 4) is 11.1 Å². The van der Waals surface area contributed by atoms with E-state index in [2.05, 4.69) is 31.8 Å². The van der Waals surface area contributed by atoms with Crippen molar-refractivity contribution in [3.05, 3.63) is 51.9 Å². The van der Waals surface area contributed by atoms with Gasteiger partial charge in [-0.25, -0.2) is 4.98 Å². The monoisotopic (exact) mass is 355 g/mol. The van der Waals surface area contributed by atoms with Crippen molar-refractivity contribution in [2.45, 2.75) is 0 Å². The number of aromatic nitrogens is 3. The fourth-order valence-electron chi connectivity index (χ4n) is 3.12. The minimum absolute atomic E-state index is 0.193. The number of hydrogen-bond acceptors (Lipinski definition) is 5. The number of aromatic amines is 1. The first-order valence-electron chi connectivity index (χ1n) is 8.21. The van der Waals surface area contributed by atoms with E-state index in [-0.39, 0.29) is 5.56 Å². The molecule has 0 saturated carbocycles. The number of nitrogens with one attached hydrogen (secondary N) is 1. The summed E-state index contributed by atoms with van der Waals surface area (Å²) in [7, 11) is 2.09. The van der Waals surface area contributed by atoms with Gasteiger partial charge >= 0.3 is 0 Å².